The number of ether oxygens (including phenoxy) is 1. The van der Waals surface area contributed by atoms with Gasteiger partial charge in [0.1, 0.15) is 17.4 Å². The molecule has 0 aliphatic carbocycles. The summed E-state index contributed by atoms with van der Waals surface area (Å²) in [5, 5.41) is 12.4. The lowest BCUT2D eigenvalue weighted by atomic mass is 9.90. The fraction of sp³-hybridized carbons (Fsp3) is 0.344. The monoisotopic (exact) mass is 455 g/mol. The van der Waals surface area contributed by atoms with Crippen molar-refractivity contribution in [2.75, 3.05) is 6.61 Å². The molecule has 1 unspecified atom stereocenters. The van der Waals surface area contributed by atoms with Gasteiger partial charge in [0.2, 0.25) is 0 Å². The first kappa shape index (κ1) is 28.7. The van der Waals surface area contributed by atoms with Crippen LogP contribution in [0.25, 0.3) is 16.3 Å². The average molecular weight is 456 g/mol. The lowest BCUT2D eigenvalue weighted by Crippen LogP contribution is -2.10. The number of allylic oxidation sites excluding steroid dienone is 7. The Balaban J connectivity index is 0.00000281. The van der Waals surface area contributed by atoms with E-state index in [1.807, 2.05) is 57.2 Å². The van der Waals surface area contributed by atoms with E-state index in [0.29, 0.717) is 23.9 Å². The van der Waals surface area contributed by atoms with Crippen molar-refractivity contribution in [2.45, 2.75) is 60.3 Å². The van der Waals surface area contributed by atoms with Crippen LogP contribution in [0.3, 0.4) is 0 Å². The summed E-state index contributed by atoms with van der Waals surface area (Å²) in [6.45, 7) is 19.1. The highest BCUT2D eigenvalue weighted by Gasteiger charge is 2.18. The molecule has 0 aromatic heterocycles. The number of benzene rings is 2. The molecule has 2 heteroatoms. The van der Waals surface area contributed by atoms with Crippen molar-refractivity contribution >= 4 is 16.3 Å². The van der Waals surface area contributed by atoms with E-state index in [2.05, 4.69) is 57.3 Å². The van der Waals surface area contributed by atoms with Crippen LogP contribution in [0.1, 0.15) is 65.9 Å². The van der Waals surface area contributed by atoms with Crippen molar-refractivity contribution in [1.29, 1.82) is 5.26 Å². The van der Waals surface area contributed by atoms with Gasteiger partial charge in [-0.3, -0.25) is 0 Å². The first-order valence-corrected chi connectivity index (χ1v) is 12.5. The predicted octanol–water partition coefficient (Wildman–Crippen LogP) is 9.58. The third-order valence-corrected chi connectivity index (χ3v) is 5.69. The Kier molecular flexibility index (Phi) is 13.8. The molecule has 0 N–H and O–H groups in total. The average Bonchev–Trinajstić information content (AvgIpc) is 2.89. The van der Waals surface area contributed by atoms with Crippen molar-refractivity contribution < 1.29 is 4.74 Å². The van der Waals surface area contributed by atoms with E-state index < -0.39 is 0 Å². The zero-order valence-corrected chi connectivity index (χ0v) is 21.7. The maximum absolute atomic E-state index is 10.1. The maximum Gasteiger partial charge on any atom is 0.130 e. The SMILES string of the molecule is C=CC(=C\C=C/C)/C(=C(/C#N)C(=C)OCC(CC)CCCC)c1ccc2ccccc2c1.CC. The molecule has 180 valence electrons. The number of unbranched alkanes of at least 4 members (excludes halogenated alkanes) is 1. The van der Waals surface area contributed by atoms with Crippen molar-refractivity contribution in [3.63, 3.8) is 0 Å². The van der Waals surface area contributed by atoms with Crippen LogP contribution in [0, 0.1) is 17.2 Å². The quantitative estimate of drug-likeness (QED) is 0.181. The van der Waals surface area contributed by atoms with Gasteiger partial charge in [0.25, 0.3) is 0 Å². The van der Waals surface area contributed by atoms with E-state index in [1.165, 1.54) is 12.8 Å². The van der Waals surface area contributed by atoms with Gasteiger partial charge in [0, 0.05) is 5.57 Å². The Labute approximate surface area is 207 Å². The Morgan fingerprint density at radius 1 is 1.12 bits per heavy atom. The van der Waals surface area contributed by atoms with E-state index >= 15 is 0 Å². The first-order valence-electron chi connectivity index (χ1n) is 12.5. The van der Waals surface area contributed by atoms with E-state index in [4.69, 9.17) is 4.74 Å². The standard InChI is InChI=1S/C30H35NO.C2H6/c1-6-10-14-24(8-3)22-32-23(5)29(21-31)30(25(9-4)15-11-7-2)28-19-18-26-16-12-13-17-27(26)20-28;1-2/h7,9,11-13,15-20,24H,4-6,8,10,14,22H2,1-3H3;1-2H3/b11-7-,25-15+,30-29+;. The smallest absolute Gasteiger partial charge is 0.130 e. The largest absolute Gasteiger partial charge is 0.493 e. The van der Waals surface area contributed by atoms with Gasteiger partial charge in [-0.05, 0) is 47.2 Å². The summed E-state index contributed by atoms with van der Waals surface area (Å²) >= 11 is 0. The second-order valence-electron chi connectivity index (χ2n) is 7.93. The molecule has 2 nitrogen and oxygen atoms in total. The van der Waals surface area contributed by atoms with E-state index in [1.54, 1.807) is 6.08 Å². The fourth-order valence-corrected chi connectivity index (χ4v) is 3.70. The van der Waals surface area contributed by atoms with Gasteiger partial charge in [0.05, 0.1) is 6.61 Å². The number of fused-ring (bicyclic) bond motifs is 1. The lowest BCUT2D eigenvalue weighted by Gasteiger charge is -2.19. The Morgan fingerprint density at radius 2 is 1.82 bits per heavy atom. The van der Waals surface area contributed by atoms with Gasteiger partial charge in [-0.1, -0.05) is 121 Å². The highest BCUT2D eigenvalue weighted by Crippen LogP contribution is 2.33. The van der Waals surface area contributed by atoms with E-state index in [9.17, 15) is 5.26 Å². The molecule has 0 aliphatic heterocycles. The molecule has 0 fully saturated rings. The molecular formula is C32H41NO. The van der Waals surface area contributed by atoms with Gasteiger partial charge < -0.3 is 4.74 Å². The summed E-state index contributed by atoms with van der Waals surface area (Å²) in [7, 11) is 0. The highest BCUT2D eigenvalue weighted by molar-refractivity contribution is 5.93. The summed E-state index contributed by atoms with van der Waals surface area (Å²) in [5.41, 5.74) is 3.04. The van der Waals surface area contributed by atoms with Crippen molar-refractivity contribution in [3.05, 3.63) is 102 Å². The highest BCUT2D eigenvalue weighted by atomic mass is 16.5. The lowest BCUT2D eigenvalue weighted by molar-refractivity contribution is 0.164. The molecule has 0 spiro atoms. The van der Waals surface area contributed by atoms with Crippen LogP contribution in [0.5, 0.6) is 0 Å². The molecule has 0 aliphatic rings. The molecule has 2 aromatic carbocycles. The van der Waals surface area contributed by atoms with Gasteiger partial charge in [0.15, 0.2) is 0 Å². The van der Waals surface area contributed by atoms with Crippen LogP contribution in [0.15, 0.2) is 96.8 Å². The predicted molar refractivity (Wildman–Crippen MR) is 149 cm³/mol. The molecule has 0 heterocycles. The maximum atomic E-state index is 10.1. The van der Waals surface area contributed by atoms with Crippen LogP contribution >= 0.6 is 0 Å². The van der Waals surface area contributed by atoms with E-state index in [0.717, 1.165) is 40.3 Å². The third kappa shape index (κ3) is 8.23. The molecule has 0 amide bonds. The first-order chi connectivity index (χ1) is 16.6. The van der Waals surface area contributed by atoms with Crippen LogP contribution in [-0.2, 0) is 4.74 Å². The number of rotatable bonds is 12. The van der Waals surface area contributed by atoms with Crippen molar-refractivity contribution in [1.82, 2.24) is 0 Å². The molecule has 1 atom stereocenters. The summed E-state index contributed by atoms with van der Waals surface area (Å²) in [6.07, 6.45) is 12.2. The van der Waals surface area contributed by atoms with Crippen LogP contribution in [0.4, 0.5) is 0 Å². The molecule has 0 saturated heterocycles. The molecule has 2 aromatic rings. The second kappa shape index (κ2) is 16.3. The van der Waals surface area contributed by atoms with Crippen molar-refractivity contribution in [2.24, 2.45) is 5.92 Å². The number of nitriles is 1. The Hall–Kier alpha value is -3.31. The Bertz CT molecular complexity index is 1060. The number of nitrogens with zero attached hydrogens (tertiary/aromatic N) is 1. The molecule has 0 radical (unpaired) electrons. The van der Waals surface area contributed by atoms with Crippen LogP contribution in [-0.4, -0.2) is 6.61 Å². The summed E-state index contributed by atoms with van der Waals surface area (Å²) in [4.78, 5) is 0. The zero-order chi connectivity index (χ0) is 25.3. The molecule has 2 rings (SSSR count). The molecule has 0 bridgehead atoms. The number of hydrogen-bond donors (Lipinski definition) is 0. The zero-order valence-electron chi connectivity index (χ0n) is 21.7. The van der Waals surface area contributed by atoms with Crippen LogP contribution in [0.2, 0.25) is 0 Å². The summed E-state index contributed by atoms with van der Waals surface area (Å²) in [6, 6.07) is 16.8. The van der Waals surface area contributed by atoms with Crippen molar-refractivity contribution in [3.8, 4) is 6.07 Å². The van der Waals surface area contributed by atoms with Gasteiger partial charge in [-0.25, -0.2) is 0 Å². The van der Waals surface area contributed by atoms with E-state index in [-0.39, 0.29) is 0 Å². The van der Waals surface area contributed by atoms with Gasteiger partial charge in [-0.2, -0.15) is 5.26 Å². The fourth-order valence-electron chi connectivity index (χ4n) is 3.70. The summed E-state index contributed by atoms with van der Waals surface area (Å²) in [5.74, 6) is 0.882. The Morgan fingerprint density at radius 3 is 2.41 bits per heavy atom. The van der Waals surface area contributed by atoms with Gasteiger partial charge in [-0.15, -0.1) is 0 Å². The minimum absolute atomic E-state index is 0.416. The second-order valence-corrected chi connectivity index (χ2v) is 7.93. The normalized spacial score (nSPS) is 12.9. The molecular weight excluding hydrogens is 414 g/mol. The minimum Gasteiger partial charge on any atom is -0.493 e. The number of hydrogen-bond acceptors (Lipinski definition) is 2. The van der Waals surface area contributed by atoms with Gasteiger partial charge >= 0.3 is 0 Å². The van der Waals surface area contributed by atoms with Crippen LogP contribution < -0.4 is 0 Å². The summed E-state index contributed by atoms with van der Waals surface area (Å²) < 4.78 is 6.08. The topological polar surface area (TPSA) is 33.0 Å². The molecule has 0 saturated carbocycles. The third-order valence-electron chi connectivity index (χ3n) is 5.69. The molecule has 34 heavy (non-hydrogen) atoms. The minimum atomic E-state index is 0.416.